The van der Waals surface area contributed by atoms with Gasteiger partial charge in [-0.1, -0.05) is 70.2 Å². The Morgan fingerprint density at radius 3 is 2.20 bits per heavy atom. The van der Waals surface area contributed by atoms with Crippen molar-refractivity contribution < 1.29 is 19.0 Å². The van der Waals surface area contributed by atoms with Crippen molar-refractivity contribution in [3.63, 3.8) is 0 Å². The van der Waals surface area contributed by atoms with Crippen LogP contribution >= 0.6 is 0 Å². The fourth-order valence-corrected chi connectivity index (χ4v) is 4.92. The van der Waals surface area contributed by atoms with Crippen molar-refractivity contribution in [1.29, 1.82) is 0 Å². The predicted molar refractivity (Wildman–Crippen MR) is 126 cm³/mol. The Balaban J connectivity index is 2.09. The second kappa shape index (κ2) is 11.6. The lowest BCUT2D eigenvalue weighted by Gasteiger charge is -2.42. The third kappa shape index (κ3) is 7.31. The number of hydrogen-bond donors (Lipinski definition) is 1. The summed E-state index contributed by atoms with van der Waals surface area (Å²) in [6.07, 6.45) is 7.41. The minimum absolute atomic E-state index is 0.00771. The molecule has 2 unspecified atom stereocenters. The fraction of sp³-hybridized carbons (Fsp3) is 0.680. The van der Waals surface area contributed by atoms with E-state index in [9.17, 15) is 5.11 Å². The molecule has 0 spiro atoms. The highest BCUT2D eigenvalue weighted by Gasteiger charge is 2.41. The molecule has 1 heterocycles. The molecule has 1 aliphatic rings. The molecule has 0 aromatic heterocycles. The van der Waals surface area contributed by atoms with Crippen molar-refractivity contribution in [3.8, 4) is 0 Å². The molecule has 4 nitrogen and oxygen atoms in total. The van der Waals surface area contributed by atoms with Gasteiger partial charge in [-0.2, -0.15) is 0 Å². The summed E-state index contributed by atoms with van der Waals surface area (Å²) in [5.74, 6) is 0. The smallest absolute Gasteiger partial charge is 0.192 e. The first kappa shape index (κ1) is 25.3. The molecular weight excluding hydrogens is 392 g/mol. The number of ether oxygens (including phenoxy) is 2. The zero-order valence-corrected chi connectivity index (χ0v) is 20.8. The van der Waals surface area contributed by atoms with Crippen molar-refractivity contribution in [2.24, 2.45) is 0 Å². The second-order valence-electron chi connectivity index (χ2n) is 9.83. The highest BCUT2D eigenvalue weighted by Crippen LogP contribution is 2.39. The van der Waals surface area contributed by atoms with E-state index in [1.165, 1.54) is 5.56 Å². The number of benzene rings is 1. The summed E-state index contributed by atoms with van der Waals surface area (Å²) in [6, 6.07) is 10.3. The minimum Gasteiger partial charge on any atom is -0.411 e. The fourth-order valence-electron chi connectivity index (χ4n) is 3.54. The van der Waals surface area contributed by atoms with Crippen LogP contribution in [-0.2, 0) is 20.5 Å². The Morgan fingerprint density at radius 2 is 1.67 bits per heavy atom. The first-order chi connectivity index (χ1) is 14.2. The van der Waals surface area contributed by atoms with Crippen LogP contribution in [0.1, 0.15) is 58.9 Å². The first-order valence-corrected chi connectivity index (χ1v) is 14.3. The molecule has 2 rings (SSSR count). The van der Waals surface area contributed by atoms with Gasteiger partial charge in [-0.3, -0.25) is 0 Å². The van der Waals surface area contributed by atoms with Crippen LogP contribution in [0.4, 0.5) is 0 Å². The van der Waals surface area contributed by atoms with E-state index in [0.29, 0.717) is 13.0 Å². The quantitative estimate of drug-likeness (QED) is 0.370. The van der Waals surface area contributed by atoms with Gasteiger partial charge in [-0.05, 0) is 49.4 Å². The summed E-state index contributed by atoms with van der Waals surface area (Å²) in [4.78, 5) is 0. The summed E-state index contributed by atoms with van der Waals surface area (Å²) in [5, 5.41) is 9.82. The lowest BCUT2D eigenvalue weighted by Crippen LogP contribution is -2.49. The monoisotopic (exact) mass is 434 g/mol. The molecule has 0 amide bonds. The normalized spacial score (nSPS) is 22.5. The number of aliphatic hydroxyl groups is 1. The van der Waals surface area contributed by atoms with Gasteiger partial charge in [0.15, 0.2) is 8.32 Å². The number of rotatable bonds is 10. The van der Waals surface area contributed by atoms with E-state index in [2.05, 4.69) is 65.1 Å². The molecule has 0 aliphatic carbocycles. The lowest BCUT2D eigenvalue weighted by atomic mass is 10.1. The Morgan fingerprint density at radius 1 is 1.07 bits per heavy atom. The molecule has 30 heavy (non-hydrogen) atoms. The average molecular weight is 435 g/mol. The zero-order chi connectivity index (χ0) is 22.2. The Labute approximate surface area is 184 Å². The summed E-state index contributed by atoms with van der Waals surface area (Å²) in [6.45, 7) is 14.1. The van der Waals surface area contributed by atoms with Crippen molar-refractivity contribution in [3.05, 3.63) is 48.0 Å². The van der Waals surface area contributed by atoms with Crippen molar-refractivity contribution in [2.45, 2.75) is 103 Å². The van der Waals surface area contributed by atoms with E-state index in [1.807, 2.05) is 18.2 Å². The maximum absolute atomic E-state index is 9.71. The van der Waals surface area contributed by atoms with Gasteiger partial charge in [-0.15, -0.1) is 0 Å². The highest BCUT2D eigenvalue weighted by atomic mass is 28.4. The molecular formula is C25H42O4Si. The van der Waals surface area contributed by atoms with E-state index in [-0.39, 0.29) is 36.1 Å². The van der Waals surface area contributed by atoms with E-state index in [4.69, 9.17) is 13.9 Å². The van der Waals surface area contributed by atoms with Gasteiger partial charge in [0.1, 0.15) is 0 Å². The Hall–Kier alpha value is -0.983. The molecule has 4 atom stereocenters. The van der Waals surface area contributed by atoms with E-state index in [0.717, 1.165) is 19.3 Å². The van der Waals surface area contributed by atoms with Gasteiger partial charge >= 0.3 is 0 Å². The third-order valence-corrected chi connectivity index (χ3v) is 11.0. The molecule has 1 aromatic rings. The van der Waals surface area contributed by atoms with Crippen LogP contribution < -0.4 is 0 Å². The SMILES string of the molecule is CCC(OCc1ccccc1)[C@H]1CC=CC[C@@H](C(CCO)O[Si](C)(C)C(C)(C)C)O1. The number of aliphatic hydroxyl groups excluding tert-OH is 1. The zero-order valence-electron chi connectivity index (χ0n) is 19.8. The van der Waals surface area contributed by atoms with Gasteiger partial charge < -0.3 is 19.0 Å². The summed E-state index contributed by atoms with van der Waals surface area (Å²) >= 11 is 0. The Bertz CT molecular complexity index is 638. The molecule has 1 N–H and O–H groups in total. The van der Waals surface area contributed by atoms with Crippen molar-refractivity contribution in [2.75, 3.05) is 6.61 Å². The van der Waals surface area contributed by atoms with Crippen LogP contribution in [0.3, 0.4) is 0 Å². The van der Waals surface area contributed by atoms with Gasteiger partial charge in [0, 0.05) is 6.61 Å². The number of hydrogen-bond acceptors (Lipinski definition) is 4. The van der Waals surface area contributed by atoms with Gasteiger partial charge in [0.25, 0.3) is 0 Å². The van der Waals surface area contributed by atoms with Gasteiger partial charge in [0.05, 0.1) is 31.0 Å². The van der Waals surface area contributed by atoms with Crippen molar-refractivity contribution in [1.82, 2.24) is 0 Å². The van der Waals surface area contributed by atoms with Crippen LogP contribution in [0.25, 0.3) is 0 Å². The van der Waals surface area contributed by atoms with Crippen molar-refractivity contribution >= 4 is 8.32 Å². The molecule has 0 radical (unpaired) electrons. The summed E-state index contributed by atoms with van der Waals surface area (Å²) < 4.78 is 19.6. The van der Waals surface area contributed by atoms with Crippen LogP contribution in [0.2, 0.25) is 18.1 Å². The minimum atomic E-state index is -1.97. The summed E-state index contributed by atoms with van der Waals surface area (Å²) in [5.41, 5.74) is 1.18. The summed E-state index contributed by atoms with van der Waals surface area (Å²) in [7, 11) is -1.97. The van der Waals surface area contributed by atoms with E-state index >= 15 is 0 Å². The van der Waals surface area contributed by atoms with E-state index < -0.39 is 8.32 Å². The van der Waals surface area contributed by atoms with Crippen LogP contribution in [0.5, 0.6) is 0 Å². The lowest BCUT2D eigenvalue weighted by molar-refractivity contribution is -0.131. The standard InChI is InChI=1S/C25H42O4Si/c1-7-21(27-19-20-13-9-8-10-14-20)22-15-11-12-16-23(28-22)24(17-18-26)29-30(5,6)25(2,3)4/h8-14,21-24,26H,7,15-19H2,1-6H3/t21?,22-,23+,24?/m1/s1. The maximum atomic E-state index is 9.71. The van der Waals surface area contributed by atoms with Gasteiger partial charge in [-0.25, -0.2) is 0 Å². The van der Waals surface area contributed by atoms with Crippen LogP contribution in [-0.4, -0.2) is 44.4 Å². The molecule has 0 saturated carbocycles. The molecule has 0 fully saturated rings. The predicted octanol–water partition coefficient (Wildman–Crippen LogP) is 5.86. The molecule has 5 heteroatoms. The van der Waals surface area contributed by atoms with Crippen LogP contribution in [0, 0.1) is 0 Å². The largest absolute Gasteiger partial charge is 0.411 e. The Kier molecular flexibility index (Phi) is 9.76. The first-order valence-electron chi connectivity index (χ1n) is 11.4. The maximum Gasteiger partial charge on any atom is 0.192 e. The highest BCUT2D eigenvalue weighted by molar-refractivity contribution is 6.74. The molecule has 1 aromatic carbocycles. The molecule has 170 valence electrons. The third-order valence-electron chi connectivity index (χ3n) is 6.46. The topological polar surface area (TPSA) is 47.9 Å². The molecule has 0 bridgehead atoms. The molecule has 1 aliphatic heterocycles. The molecule has 0 saturated heterocycles. The van der Waals surface area contributed by atoms with Gasteiger partial charge in [0.2, 0.25) is 0 Å². The van der Waals surface area contributed by atoms with Crippen LogP contribution in [0.15, 0.2) is 42.5 Å². The van der Waals surface area contributed by atoms with E-state index in [1.54, 1.807) is 0 Å². The second-order valence-corrected chi connectivity index (χ2v) is 14.6. The average Bonchev–Trinajstić information content (AvgIpc) is 2.94.